The minimum atomic E-state index is 0.374. The first kappa shape index (κ1) is 9.98. The highest BCUT2D eigenvalue weighted by Gasteiger charge is 2.01. The van der Waals surface area contributed by atoms with Crippen LogP contribution < -0.4 is 10.6 Å². The maximum absolute atomic E-state index is 4.94. The smallest absolute Gasteiger partial charge is 0.171 e. The average molecular weight is 198 g/mol. The molecule has 0 amide bonds. The van der Waals surface area contributed by atoms with E-state index < -0.39 is 0 Å². The van der Waals surface area contributed by atoms with Crippen LogP contribution in [-0.4, -0.2) is 21.9 Å². The van der Waals surface area contributed by atoms with E-state index in [0.717, 1.165) is 5.82 Å². The third kappa shape index (κ3) is 2.69. The Bertz CT molecular complexity index is 292. The topological polar surface area (TPSA) is 41.9 Å². The zero-order chi connectivity index (χ0) is 9.84. The van der Waals surface area contributed by atoms with Crippen molar-refractivity contribution in [1.82, 2.24) is 15.1 Å². The van der Waals surface area contributed by atoms with Gasteiger partial charge in [0.05, 0.1) is 0 Å². The molecule has 1 heterocycles. The molecule has 5 heteroatoms. The molecular formula is C8H14N4S. The van der Waals surface area contributed by atoms with Crippen LogP contribution in [0.3, 0.4) is 0 Å². The van der Waals surface area contributed by atoms with Gasteiger partial charge >= 0.3 is 0 Å². The SMILES string of the molecule is CNC(=S)Nc1ccn(C(C)C)n1. The van der Waals surface area contributed by atoms with Gasteiger partial charge in [0.1, 0.15) is 0 Å². The fourth-order valence-corrected chi connectivity index (χ4v) is 0.976. The van der Waals surface area contributed by atoms with Gasteiger partial charge in [-0.25, -0.2) is 0 Å². The van der Waals surface area contributed by atoms with Crippen molar-refractivity contribution >= 4 is 23.1 Å². The van der Waals surface area contributed by atoms with Crippen LogP contribution in [0.2, 0.25) is 0 Å². The molecule has 13 heavy (non-hydrogen) atoms. The van der Waals surface area contributed by atoms with E-state index >= 15 is 0 Å². The van der Waals surface area contributed by atoms with Gasteiger partial charge in [-0.2, -0.15) is 5.10 Å². The standard InChI is InChI=1S/C8H14N4S/c1-6(2)12-5-4-7(11-12)10-8(13)9-3/h4-6H,1-3H3,(H2,9,10,11,13). The number of hydrogen-bond donors (Lipinski definition) is 2. The Morgan fingerprint density at radius 3 is 2.77 bits per heavy atom. The highest BCUT2D eigenvalue weighted by molar-refractivity contribution is 7.80. The monoisotopic (exact) mass is 198 g/mol. The van der Waals surface area contributed by atoms with Crippen molar-refractivity contribution in [2.75, 3.05) is 12.4 Å². The first-order valence-electron chi connectivity index (χ1n) is 4.17. The van der Waals surface area contributed by atoms with Crippen molar-refractivity contribution in [2.45, 2.75) is 19.9 Å². The molecule has 0 aliphatic carbocycles. The van der Waals surface area contributed by atoms with Crippen LogP contribution in [0, 0.1) is 0 Å². The van der Waals surface area contributed by atoms with Gasteiger partial charge in [0, 0.05) is 25.4 Å². The zero-order valence-electron chi connectivity index (χ0n) is 8.03. The Hall–Kier alpha value is -1.10. The fourth-order valence-electron chi connectivity index (χ4n) is 0.871. The van der Waals surface area contributed by atoms with Gasteiger partial charge in [-0.1, -0.05) is 0 Å². The van der Waals surface area contributed by atoms with Crippen molar-refractivity contribution < 1.29 is 0 Å². The number of thiocarbonyl (C=S) groups is 1. The lowest BCUT2D eigenvalue weighted by Gasteiger charge is -2.05. The van der Waals surface area contributed by atoms with E-state index in [1.807, 2.05) is 16.9 Å². The molecule has 0 spiro atoms. The van der Waals surface area contributed by atoms with Gasteiger partial charge in [-0.15, -0.1) is 0 Å². The molecule has 0 aliphatic heterocycles. The molecule has 0 unspecified atom stereocenters. The third-order valence-corrected chi connectivity index (χ3v) is 1.91. The molecule has 72 valence electrons. The van der Waals surface area contributed by atoms with Crippen molar-refractivity contribution in [1.29, 1.82) is 0 Å². The number of nitrogens with zero attached hydrogens (tertiary/aromatic N) is 2. The number of nitrogens with one attached hydrogen (secondary N) is 2. The molecule has 1 rings (SSSR count). The summed E-state index contributed by atoms with van der Waals surface area (Å²) < 4.78 is 1.88. The van der Waals surface area contributed by atoms with E-state index in [9.17, 15) is 0 Å². The molecule has 0 aromatic carbocycles. The van der Waals surface area contributed by atoms with Crippen molar-refractivity contribution in [2.24, 2.45) is 0 Å². The van der Waals surface area contributed by atoms with Crippen molar-refractivity contribution in [3.63, 3.8) is 0 Å². The number of aromatic nitrogens is 2. The Kier molecular flexibility index (Phi) is 3.25. The van der Waals surface area contributed by atoms with Crippen LogP contribution in [0.1, 0.15) is 19.9 Å². The van der Waals surface area contributed by atoms with Crippen LogP contribution >= 0.6 is 12.2 Å². The first-order valence-corrected chi connectivity index (χ1v) is 4.58. The van der Waals surface area contributed by atoms with Gasteiger partial charge < -0.3 is 10.6 Å². The van der Waals surface area contributed by atoms with E-state index in [4.69, 9.17) is 12.2 Å². The number of rotatable bonds is 2. The molecule has 0 saturated heterocycles. The molecule has 2 N–H and O–H groups in total. The van der Waals surface area contributed by atoms with Gasteiger partial charge in [0.25, 0.3) is 0 Å². The maximum atomic E-state index is 4.94. The predicted octanol–water partition coefficient (Wildman–Crippen LogP) is 1.38. The molecule has 0 saturated carbocycles. The molecule has 0 fully saturated rings. The lowest BCUT2D eigenvalue weighted by Crippen LogP contribution is -2.24. The predicted molar refractivity (Wildman–Crippen MR) is 57.9 cm³/mol. The molecule has 1 aromatic rings. The largest absolute Gasteiger partial charge is 0.365 e. The fraction of sp³-hybridized carbons (Fsp3) is 0.500. The van der Waals surface area contributed by atoms with Crippen LogP contribution in [0.5, 0.6) is 0 Å². The summed E-state index contributed by atoms with van der Waals surface area (Å²) in [7, 11) is 1.77. The van der Waals surface area contributed by atoms with Crippen molar-refractivity contribution in [3.8, 4) is 0 Å². The van der Waals surface area contributed by atoms with Crippen LogP contribution in [-0.2, 0) is 0 Å². The average Bonchev–Trinajstić information content (AvgIpc) is 2.52. The summed E-state index contributed by atoms with van der Waals surface area (Å²) in [6.07, 6.45) is 1.92. The molecule has 4 nitrogen and oxygen atoms in total. The van der Waals surface area contributed by atoms with Gasteiger partial charge in [0.2, 0.25) is 0 Å². The quantitative estimate of drug-likeness (QED) is 0.704. The highest BCUT2D eigenvalue weighted by atomic mass is 32.1. The molecule has 0 radical (unpaired) electrons. The van der Waals surface area contributed by atoms with Crippen LogP contribution in [0.15, 0.2) is 12.3 Å². The number of anilines is 1. The Labute approximate surface area is 83.3 Å². The summed E-state index contributed by atoms with van der Waals surface area (Å²) in [5.74, 6) is 0.771. The highest BCUT2D eigenvalue weighted by Crippen LogP contribution is 2.07. The third-order valence-electron chi connectivity index (χ3n) is 1.61. The maximum Gasteiger partial charge on any atom is 0.171 e. The summed E-state index contributed by atoms with van der Waals surface area (Å²) in [5, 5.41) is 10.6. The molecular weight excluding hydrogens is 184 g/mol. The van der Waals surface area contributed by atoms with E-state index in [1.54, 1.807) is 7.05 Å². The second-order valence-electron chi connectivity index (χ2n) is 2.98. The molecule has 1 aromatic heterocycles. The van der Waals surface area contributed by atoms with E-state index in [1.165, 1.54) is 0 Å². The lowest BCUT2D eigenvalue weighted by atomic mass is 10.4. The Balaban J connectivity index is 2.64. The second kappa shape index (κ2) is 4.23. The van der Waals surface area contributed by atoms with Gasteiger partial charge in [-0.3, -0.25) is 4.68 Å². The summed E-state index contributed by atoms with van der Waals surface area (Å²) in [4.78, 5) is 0. The van der Waals surface area contributed by atoms with E-state index in [-0.39, 0.29) is 0 Å². The van der Waals surface area contributed by atoms with Crippen LogP contribution in [0.25, 0.3) is 0 Å². The van der Waals surface area contributed by atoms with Gasteiger partial charge in [-0.05, 0) is 26.1 Å². The molecule has 0 atom stereocenters. The van der Waals surface area contributed by atoms with E-state index in [2.05, 4.69) is 29.6 Å². The first-order chi connectivity index (χ1) is 6.13. The minimum Gasteiger partial charge on any atom is -0.365 e. The Morgan fingerprint density at radius 1 is 1.62 bits per heavy atom. The lowest BCUT2D eigenvalue weighted by molar-refractivity contribution is 0.534. The number of hydrogen-bond acceptors (Lipinski definition) is 2. The molecule has 0 aliphatic rings. The summed E-state index contributed by atoms with van der Waals surface area (Å²) in [5.41, 5.74) is 0. The normalized spacial score (nSPS) is 10.2. The van der Waals surface area contributed by atoms with E-state index in [0.29, 0.717) is 11.2 Å². The summed E-state index contributed by atoms with van der Waals surface area (Å²) in [6, 6.07) is 2.27. The second-order valence-corrected chi connectivity index (χ2v) is 3.39. The summed E-state index contributed by atoms with van der Waals surface area (Å²) >= 11 is 4.94. The zero-order valence-corrected chi connectivity index (χ0v) is 8.85. The van der Waals surface area contributed by atoms with Crippen molar-refractivity contribution in [3.05, 3.63) is 12.3 Å². The minimum absolute atomic E-state index is 0.374. The Morgan fingerprint density at radius 2 is 2.31 bits per heavy atom. The van der Waals surface area contributed by atoms with Gasteiger partial charge in [0.15, 0.2) is 10.9 Å². The summed E-state index contributed by atoms with van der Waals surface area (Å²) in [6.45, 7) is 4.15. The molecule has 0 bridgehead atoms. The van der Waals surface area contributed by atoms with Crippen LogP contribution in [0.4, 0.5) is 5.82 Å².